The Bertz CT molecular complexity index is 1350. The van der Waals surface area contributed by atoms with Crippen molar-refractivity contribution in [3.63, 3.8) is 0 Å². The summed E-state index contributed by atoms with van der Waals surface area (Å²) in [6.45, 7) is 4.61. The van der Waals surface area contributed by atoms with Gasteiger partial charge in [-0.25, -0.2) is 0 Å². The molecule has 0 spiro atoms. The fourth-order valence-electron chi connectivity index (χ4n) is 9.85. The molecule has 2 saturated carbocycles. The first-order valence-electron chi connectivity index (χ1n) is 27.0. The molecule has 0 saturated heterocycles. The van der Waals surface area contributed by atoms with Crippen molar-refractivity contribution in [2.75, 3.05) is 46.6 Å². The summed E-state index contributed by atoms with van der Waals surface area (Å²) in [7, 11) is 6.91. The number of methoxy groups -OCH3 is 1. The third kappa shape index (κ3) is 27.3. The lowest BCUT2D eigenvalue weighted by Crippen LogP contribution is -2.68. The monoisotopic (exact) mass is 1020 g/mol. The van der Waals surface area contributed by atoms with Gasteiger partial charge in [0.25, 0.3) is 0 Å². The summed E-state index contributed by atoms with van der Waals surface area (Å²) in [5, 5.41) is 131. The number of aldehydes is 1. The third-order valence-electron chi connectivity index (χ3n) is 14.6. The predicted octanol–water partition coefficient (Wildman–Crippen LogP) is 2.79. The molecule has 20 heteroatoms. The normalized spacial score (nSPS) is 17.6. The second kappa shape index (κ2) is 35.8. The lowest BCUT2D eigenvalue weighted by atomic mass is 9.70. The van der Waals surface area contributed by atoms with Crippen LogP contribution in [0.5, 0.6) is 0 Å². The van der Waals surface area contributed by atoms with Crippen molar-refractivity contribution in [1.29, 1.82) is 0 Å². The van der Waals surface area contributed by atoms with Crippen molar-refractivity contribution >= 4 is 20.1 Å². The number of hydrogen-bond donors (Lipinski definition) is 14. The summed E-state index contributed by atoms with van der Waals surface area (Å²) in [4.78, 5) is 26.8. The minimum atomic E-state index is -4.07. The van der Waals surface area contributed by atoms with Crippen LogP contribution in [0.3, 0.4) is 0 Å². The molecule has 0 heterocycles. The van der Waals surface area contributed by atoms with Gasteiger partial charge in [0.15, 0.2) is 11.3 Å². The van der Waals surface area contributed by atoms with E-state index in [2.05, 4.69) is 4.90 Å². The van der Waals surface area contributed by atoms with E-state index in [9.17, 15) is 60.7 Å². The summed E-state index contributed by atoms with van der Waals surface area (Å²) in [5.41, 5.74) is -3.46. The minimum absolute atomic E-state index is 0.0224. The quantitative estimate of drug-likeness (QED) is 0.0138. The smallest absolute Gasteiger partial charge is 0.338 e. The fourth-order valence-corrected chi connectivity index (χ4v) is 9.85. The van der Waals surface area contributed by atoms with Gasteiger partial charge in [-0.2, -0.15) is 0 Å². The van der Waals surface area contributed by atoms with Gasteiger partial charge in [0.2, 0.25) is 5.79 Å². The minimum Gasteiger partial charge on any atom is -0.465 e. The van der Waals surface area contributed by atoms with Crippen molar-refractivity contribution in [2.24, 2.45) is 23.7 Å². The molecule has 0 aromatic heterocycles. The van der Waals surface area contributed by atoms with Crippen molar-refractivity contribution in [1.82, 2.24) is 4.90 Å². The van der Waals surface area contributed by atoms with E-state index in [1.165, 1.54) is 70.6 Å². The Morgan fingerprint density at radius 3 is 1.49 bits per heavy atom. The highest BCUT2D eigenvalue weighted by Crippen LogP contribution is 2.35. The van der Waals surface area contributed by atoms with E-state index in [-0.39, 0.29) is 37.3 Å². The molecule has 71 heavy (non-hydrogen) atoms. The lowest BCUT2D eigenvalue weighted by Gasteiger charge is -2.42. The molecule has 14 N–H and O–H groups in total. The molecular weight excluding hydrogens is 925 g/mol. The van der Waals surface area contributed by atoms with E-state index in [1.807, 2.05) is 0 Å². The number of nitrogens with zero attached hydrogens (tertiary/aromatic N) is 1. The largest absolute Gasteiger partial charge is 0.465 e. The molecule has 0 bridgehead atoms. The van der Waals surface area contributed by atoms with E-state index < -0.39 is 47.6 Å². The highest BCUT2D eigenvalue weighted by Gasteiger charge is 2.61. The number of aliphatic hydroxyl groups excluding tert-OH is 1. The van der Waals surface area contributed by atoms with Crippen LogP contribution in [-0.2, 0) is 19.1 Å². The molecular formula is C51H98BNO18. The zero-order chi connectivity index (χ0) is 53.5. The van der Waals surface area contributed by atoms with Gasteiger partial charge in [-0.05, 0) is 109 Å². The Kier molecular flexibility index (Phi) is 34.0. The summed E-state index contributed by atoms with van der Waals surface area (Å²) in [5.74, 6) is -17.6. The van der Waals surface area contributed by atoms with Gasteiger partial charge < -0.3 is 90.7 Å². The van der Waals surface area contributed by atoms with Crippen LogP contribution in [0.25, 0.3) is 0 Å². The number of aliphatic hydroxyl groups is 14. The van der Waals surface area contributed by atoms with Crippen molar-refractivity contribution < 1.29 is 90.6 Å². The third-order valence-corrected chi connectivity index (χ3v) is 14.6. The number of hydrogen-bond acceptors (Lipinski definition) is 19. The number of ether oxygens (including phenoxy) is 2. The first kappa shape index (κ1) is 67.6. The van der Waals surface area contributed by atoms with Gasteiger partial charge in [-0.1, -0.05) is 116 Å². The summed E-state index contributed by atoms with van der Waals surface area (Å²) in [6, 6.07) is 0. The van der Waals surface area contributed by atoms with Crippen LogP contribution < -0.4 is 0 Å². The maximum atomic E-state index is 13.1. The Balaban J connectivity index is 0.000000846. The van der Waals surface area contributed by atoms with Crippen LogP contribution in [0.2, 0.25) is 0 Å². The molecule has 2 rings (SSSR count). The van der Waals surface area contributed by atoms with Crippen LogP contribution in [0.15, 0.2) is 0 Å². The molecule has 0 aliphatic heterocycles. The average Bonchev–Trinajstić information content (AvgIpc) is 3.31. The van der Waals surface area contributed by atoms with Crippen molar-refractivity contribution in [2.45, 2.75) is 240 Å². The zero-order valence-corrected chi connectivity index (χ0v) is 43.2. The Labute approximate surface area is 425 Å². The summed E-state index contributed by atoms with van der Waals surface area (Å²) >= 11 is 0. The van der Waals surface area contributed by atoms with Crippen molar-refractivity contribution in [3.05, 3.63) is 0 Å². The van der Waals surface area contributed by atoms with Crippen LogP contribution in [0.4, 0.5) is 0 Å². The molecule has 0 aromatic carbocycles. The zero-order valence-electron chi connectivity index (χ0n) is 43.2. The van der Waals surface area contributed by atoms with Gasteiger partial charge in [-0.15, -0.1) is 0 Å². The maximum Gasteiger partial charge on any atom is 0.338 e. The van der Waals surface area contributed by atoms with E-state index >= 15 is 0 Å². The molecule has 3 atom stereocenters. The SMILES string of the molecule is O=CC(CCCCCC(O)(O)C(O)(O)C(O)(O)O)CC1CCCCC1.[B]C(O)(C(O)(O)O)C(O)(O)CCCCCC(CC1CCCCC1)C(=O)OCCCCCCN(CCCCO)CCCCCCOC. The molecule has 19 nitrogen and oxygen atoms in total. The van der Waals surface area contributed by atoms with Crippen LogP contribution in [0.1, 0.15) is 205 Å². The molecule has 2 radical (unpaired) electrons. The number of unbranched alkanes of at least 4 members (excludes halogenated alkanes) is 11. The topological polar surface area (TPSA) is 339 Å². The van der Waals surface area contributed by atoms with Crippen LogP contribution in [0, 0.1) is 23.7 Å². The highest BCUT2D eigenvalue weighted by atomic mass is 16.7. The molecule has 418 valence electrons. The second-order valence-corrected chi connectivity index (χ2v) is 20.9. The summed E-state index contributed by atoms with van der Waals surface area (Å²) in [6.07, 6.45) is 27.7. The van der Waals surface area contributed by atoms with Crippen LogP contribution >= 0.6 is 0 Å². The van der Waals surface area contributed by atoms with E-state index in [1.54, 1.807) is 7.11 Å². The van der Waals surface area contributed by atoms with Gasteiger partial charge in [-0.3, -0.25) is 4.79 Å². The lowest BCUT2D eigenvalue weighted by molar-refractivity contribution is -0.509. The first-order valence-corrected chi connectivity index (χ1v) is 27.0. The summed E-state index contributed by atoms with van der Waals surface area (Å²) < 4.78 is 10.9. The standard InChI is InChI=1S/C34H66BNO10.C17H32O8/c1-45-26-16-4-2-12-22-36(24-14-15-25-37)23-13-3-5-17-27-46-31(38)30(28-29-18-8-6-9-19-29)20-10-7-11-21-32(39,40)33(35,41)34(42,43)44;18-12-14(11-13-7-3-1-4-8-13)9-5-2-6-10-15(19,20)16(21,22)17(23,24)25/h29-30,37,39-44H,2-28H2,1H3;12-14,19-25H,1-11H2. The number of rotatable bonds is 40. The average molecular weight is 1020 g/mol. The second-order valence-electron chi connectivity index (χ2n) is 20.9. The first-order chi connectivity index (χ1) is 33.4. The maximum absolute atomic E-state index is 13.1. The molecule has 2 aliphatic carbocycles. The fraction of sp³-hybridized carbons (Fsp3) is 0.961. The number of carbonyl (C=O) groups is 2. The highest BCUT2D eigenvalue weighted by molar-refractivity contribution is 6.15. The van der Waals surface area contributed by atoms with Gasteiger partial charge in [0.1, 0.15) is 14.1 Å². The van der Waals surface area contributed by atoms with Crippen LogP contribution in [-0.4, -0.2) is 178 Å². The van der Waals surface area contributed by atoms with Gasteiger partial charge >= 0.3 is 23.7 Å². The predicted molar refractivity (Wildman–Crippen MR) is 265 cm³/mol. The molecule has 0 amide bonds. The molecule has 0 aromatic rings. The Morgan fingerprint density at radius 2 is 1.01 bits per heavy atom. The van der Waals surface area contributed by atoms with E-state index in [0.29, 0.717) is 57.0 Å². The Hall–Kier alpha value is -1.44. The van der Waals surface area contributed by atoms with Crippen molar-refractivity contribution in [3.8, 4) is 0 Å². The van der Waals surface area contributed by atoms with Gasteiger partial charge in [0, 0.05) is 39.1 Å². The number of carbonyl (C=O) groups excluding carboxylic acids is 2. The molecule has 2 fully saturated rings. The van der Waals surface area contributed by atoms with E-state index in [4.69, 9.17) is 37.7 Å². The Morgan fingerprint density at radius 1 is 0.563 bits per heavy atom. The number of esters is 1. The molecule has 2 aliphatic rings. The molecule has 3 unspecified atom stereocenters. The van der Waals surface area contributed by atoms with E-state index in [0.717, 1.165) is 103 Å². The van der Waals surface area contributed by atoms with Gasteiger partial charge in [0.05, 0.1) is 12.5 Å².